The topological polar surface area (TPSA) is 66.5 Å². The summed E-state index contributed by atoms with van der Waals surface area (Å²) < 4.78 is 26.9. The van der Waals surface area contributed by atoms with Crippen molar-refractivity contribution in [1.29, 1.82) is 0 Å². The Balaban J connectivity index is 1.45. The second-order valence-electron chi connectivity index (χ2n) is 7.67. The number of anilines is 1. The summed E-state index contributed by atoms with van der Waals surface area (Å²) in [6, 6.07) is 20.3. The molecule has 0 saturated carbocycles. The van der Waals surface area contributed by atoms with Gasteiger partial charge in [-0.05, 0) is 63.1 Å². The first kappa shape index (κ1) is 21.8. The van der Waals surface area contributed by atoms with Gasteiger partial charge in [-0.15, -0.1) is 0 Å². The minimum Gasteiger partial charge on any atom is -0.322 e. The predicted octanol–water partition coefficient (Wildman–Crippen LogP) is 5.95. The molecule has 34 heavy (non-hydrogen) atoms. The number of rotatable bonds is 4. The molecule has 0 radical (unpaired) electrons. The quantitative estimate of drug-likeness (QED) is 0.293. The van der Waals surface area contributed by atoms with E-state index in [-0.39, 0.29) is 10.6 Å². The van der Waals surface area contributed by atoms with Crippen molar-refractivity contribution in [2.45, 2.75) is 0 Å². The molecule has 1 N–H and O–H groups in total. The molecular formula is C26H16F2N2O3S. The number of fused-ring (bicyclic) bond motifs is 2. The number of amides is 3. The molecule has 0 aromatic heterocycles. The lowest BCUT2D eigenvalue weighted by Gasteiger charge is -2.13. The molecule has 0 unspecified atom stereocenters. The van der Waals surface area contributed by atoms with Crippen LogP contribution in [0.5, 0.6) is 0 Å². The highest BCUT2D eigenvalue weighted by atomic mass is 32.2. The Bertz CT molecular complexity index is 1480. The van der Waals surface area contributed by atoms with Crippen LogP contribution in [0.15, 0.2) is 77.7 Å². The Labute approximate surface area is 197 Å². The molecule has 0 atom stereocenters. The normalized spacial score (nSPS) is 15.0. The number of carbonyl (C=O) groups is 3. The monoisotopic (exact) mass is 474 g/mol. The van der Waals surface area contributed by atoms with Crippen molar-refractivity contribution in [3.05, 3.63) is 94.9 Å². The van der Waals surface area contributed by atoms with Gasteiger partial charge in [0.2, 0.25) is 5.91 Å². The van der Waals surface area contributed by atoms with Crippen LogP contribution in [0.3, 0.4) is 0 Å². The third-order valence-electron chi connectivity index (χ3n) is 5.47. The van der Waals surface area contributed by atoms with Crippen LogP contribution in [0.25, 0.3) is 27.6 Å². The van der Waals surface area contributed by atoms with Crippen molar-refractivity contribution in [3.63, 3.8) is 0 Å². The Morgan fingerprint density at radius 3 is 2.21 bits per heavy atom. The van der Waals surface area contributed by atoms with Crippen molar-refractivity contribution >= 4 is 62.1 Å². The lowest BCUT2D eigenvalue weighted by atomic mass is 9.96. The van der Waals surface area contributed by atoms with Gasteiger partial charge in [-0.2, -0.15) is 0 Å². The highest BCUT2D eigenvalue weighted by Gasteiger charge is 2.36. The molecule has 1 aliphatic heterocycles. The first-order chi connectivity index (χ1) is 16.4. The lowest BCUT2D eigenvalue weighted by Crippen LogP contribution is -2.36. The molecule has 5 rings (SSSR count). The molecule has 1 aliphatic rings. The largest absolute Gasteiger partial charge is 0.322 e. The van der Waals surface area contributed by atoms with Gasteiger partial charge < -0.3 is 5.32 Å². The fourth-order valence-electron chi connectivity index (χ4n) is 3.90. The maximum Gasteiger partial charge on any atom is 0.294 e. The van der Waals surface area contributed by atoms with Crippen LogP contribution in [0.2, 0.25) is 0 Å². The van der Waals surface area contributed by atoms with Crippen LogP contribution in [0.1, 0.15) is 5.56 Å². The number of nitrogens with one attached hydrogen (secondary N) is 1. The summed E-state index contributed by atoms with van der Waals surface area (Å²) in [5.41, 5.74) is 0.563. The molecule has 1 heterocycles. The highest BCUT2D eigenvalue weighted by molar-refractivity contribution is 8.18. The van der Waals surface area contributed by atoms with Gasteiger partial charge in [0, 0.05) is 6.07 Å². The Morgan fingerprint density at radius 2 is 1.56 bits per heavy atom. The number of halogens is 2. The summed E-state index contributed by atoms with van der Waals surface area (Å²) in [5, 5.41) is 5.50. The van der Waals surface area contributed by atoms with Crippen LogP contribution in [-0.2, 0) is 9.59 Å². The van der Waals surface area contributed by atoms with E-state index >= 15 is 0 Å². The number of imide groups is 1. The van der Waals surface area contributed by atoms with Crippen molar-refractivity contribution in [2.75, 3.05) is 11.9 Å². The summed E-state index contributed by atoms with van der Waals surface area (Å²) in [6.45, 7) is -0.588. The van der Waals surface area contributed by atoms with Crippen LogP contribution in [0.4, 0.5) is 19.3 Å². The van der Waals surface area contributed by atoms with Crippen molar-refractivity contribution in [1.82, 2.24) is 4.90 Å². The summed E-state index contributed by atoms with van der Waals surface area (Å²) in [6.07, 6.45) is 1.67. The highest BCUT2D eigenvalue weighted by Crippen LogP contribution is 2.36. The van der Waals surface area contributed by atoms with Crippen LogP contribution < -0.4 is 5.32 Å². The maximum absolute atomic E-state index is 13.8. The molecule has 4 aromatic carbocycles. The van der Waals surface area contributed by atoms with Crippen molar-refractivity contribution in [2.24, 2.45) is 0 Å². The fraction of sp³-hybridized carbons (Fsp3) is 0.0385. The average Bonchev–Trinajstić information content (AvgIpc) is 3.08. The van der Waals surface area contributed by atoms with Gasteiger partial charge in [-0.25, -0.2) is 8.78 Å². The lowest BCUT2D eigenvalue weighted by molar-refractivity contribution is -0.127. The molecule has 5 nitrogen and oxygen atoms in total. The minimum absolute atomic E-state index is 0.187. The number of carbonyl (C=O) groups excluding carboxylic acids is 3. The fourth-order valence-corrected chi connectivity index (χ4v) is 4.72. The summed E-state index contributed by atoms with van der Waals surface area (Å²) >= 11 is 0.742. The van der Waals surface area contributed by atoms with E-state index < -0.39 is 35.2 Å². The number of hydrogen-bond acceptors (Lipinski definition) is 4. The second kappa shape index (κ2) is 8.72. The van der Waals surface area contributed by atoms with Gasteiger partial charge in [-0.1, -0.05) is 48.5 Å². The Kier molecular flexibility index (Phi) is 5.59. The molecule has 1 fully saturated rings. The summed E-state index contributed by atoms with van der Waals surface area (Å²) in [5.74, 6) is -3.12. The molecule has 3 amide bonds. The third-order valence-corrected chi connectivity index (χ3v) is 6.38. The number of nitrogens with zero attached hydrogens (tertiary/aromatic N) is 1. The SMILES string of the molecule is O=C(CN1C(=O)S/C(=C/c2c3ccccc3cc3ccccc23)C1=O)Nc1ccc(F)cc1F. The van der Waals surface area contributed by atoms with Crippen molar-refractivity contribution < 1.29 is 23.2 Å². The summed E-state index contributed by atoms with van der Waals surface area (Å²) in [4.78, 5) is 38.9. The zero-order valence-corrected chi connectivity index (χ0v) is 18.4. The van der Waals surface area contributed by atoms with E-state index in [1.807, 2.05) is 48.5 Å². The van der Waals surface area contributed by atoms with E-state index in [0.29, 0.717) is 6.07 Å². The third kappa shape index (κ3) is 4.04. The van der Waals surface area contributed by atoms with Gasteiger partial charge in [0.05, 0.1) is 10.6 Å². The number of thioether (sulfide) groups is 1. The molecule has 8 heteroatoms. The van der Waals surface area contributed by atoms with E-state index in [2.05, 4.69) is 11.4 Å². The molecule has 0 bridgehead atoms. The molecule has 4 aromatic rings. The first-order valence-electron chi connectivity index (χ1n) is 10.3. The molecule has 1 saturated heterocycles. The van der Waals surface area contributed by atoms with Crippen molar-refractivity contribution in [3.8, 4) is 0 Å². The van der Waals surface area contributed by atoms with Crippen LogP contribution >= 0.6 is 11.8 Å². The standard InChI is InChI=1S/C26H16F2N2O3S/c27-17-9-10-22(21(28)12-17)29-24(31)14-30-25(32)23(34-26(30)33)13-20-18-7-3-1-5-15(18)11-16-6-2-4-8-19(16)20/h1-13H,14H2,(H,29,31)/b23-13+. The van der Waals surface area contributed by atoms with E-state index in [4.69, 9.17) is 0 Å². The smallest absolute Gasteiger partial charge is 0.294 e. The Morgan fingerprint density at radius 1 is 0.912 bits per heavy atom. The van der Waals surface area contributed by atoms with Gasteiger partial charge in [0.15, 0.2) is 0 Å². The van der Waals surface area contributed by atoms with Gasteiger partial charge in [0.1, 0.15) is 18.2 Å². The van der Waals surface area contributed by atoms with E-state index in [9.17, 15) is 23.2 Å². The predicted molar refractivity (Wildman–Crippen MR) is 129 cm³/mol. The average molecular weight is 474 g/mol. The summed E-state index contributed by atoms with van der Waals surface area (Å²) in [7, 11) is 0. The molecule has 168 valence electrons. The van der Waals surface area contributed by atoms with Crippen LogP contribution in [-0.4, -0.2) is 28.5 Å². The van der Waals surface area contributed by atoms with E-state index in [1.165, 1.54) is 0 Å². The number of hydrogen-bond donors (Lipinski definition) is 1. The van der Waals surface area contributed by atoms with E-state index in [1.54, 1.807) is 6.08 Å². The minimum atomic E-state index is -0.954. The van der Waals surface area contributed by atoms with Gasteiger partial charge >= 0.3 is 0 Å². The van der Waals surface area contributed by atoms with Crippen LogP contribution in [0, 0.1) is 11.6 Å². The molecular weight excluding hydrogens is 458 g/mol. The zero-order valence-electron chi connectivity index (χ0n) is 17.5. The maximum atomic E-state index is 13.8. The van der Waals surface area contributed by atoms with E-state index in [0.717, 1.165) is 55.9 Å². The molecule has 0 spiro atoms. The van der Waals surface area contributed by atoms with Gasteiger partial charge in [0.25, 0.3) is 11.1 Å². The molecule has 0 aliphatic carbocycles. The Hall–Kier alpha value is -4.04. The van der Waals surface area contributed by atoms with Gasteiger partial charge in [-0.3, -0.25) is 19.3 Å². The second-order valence-corrected chi connectivity index (χ2v) is 8.67. The zero-order chi connectivity index (χ0) is 23.8. The number of benzene rings is 4. The first-order valence-corrected chi connectivity index (χ1v) is 11.1.